The summed E-state index contributed by atoms with van der Waals surface area (Å²) in [5, 5.41) is 12.5. The van der Waals surface area contributed by atoms with Crippen LogP contribution in [0.3, 0.4) is 0 Å². The molecule has 1 N–H and O–H groups in total. The summed E-state index contributed by atoms with van der Waals surface area (Å²) in [5.41, 5.74) is 3.45. The Morgan fingerprint density at radius 3 is 2.74 bits per heavy atom. The number of carbonyl (C=O) groups is 2. The third kappa shape index (κ3) is 4.89. The van der Waals surface area contributed by atoms with E-state index < -0.39 is 0 Å². The summed E-state index contributed by atoms with van der Waals surface area (Å²) in [5.74, 6) is 0.734. The van der Waals surface area contributed by atoms with Gasteiger partial charge in [-0.25, -0.2) is 0 Å². The number of carbonyl (C=O) groups excluding carboxylic acids is 2. The van der Waals surface area contributed by atoms with E-state index in [-0.39, 0.29) is 30.0 Å². The van der Waals surface area contributed by atoms with Gasteiger partial charge in [-0.2, -0.15) is 0 Å². The number of benzene rings is 2. The summed E-state index contributed by atoms with van der Waals surface area (Å²) in [6.45, 7) is 6.69. The van der Waals surface area contributed by atoms with Crippen LogP contribution in [0.2, 0.25) is 0 Å². The Hall–Kier alpha value is -3.37. The van der Waals surface area contributed by atoms with Crippen LogP contribution in [0.5, 0.6) is 0 Å². The van der Waals surface area contributed by atoms with Crippen LogP contribution in [0.25, 0.3) is 5.69 Å². The second kappa shape index (κ2) is 10.1. The first-order valence-electron chi connectivity index (χ1n) is 11.7. The Morgan fingerprint density at radius 1 is 1.14 bits per heavy atom. The smallest absolute Gasteiger partial charge is 0.237 e. The molecule has 5 rings (SSSR count). The van der Waals surface area contributed by atoms with Gasteiger partial charge in [0, 0.05) is 25.6 Å². The Kier molecular flexibility index (Phi) is 6.74. The maximum absolute atomic E-state index is 13.5. The van der Waals surface area contributed by atoms with E-state index >= 15 is 0 Å². The lowest BCUT2D eigenvalue weighted by Crippen LogP contribution is -2.40. The van der Waals surface area contributed by atoms with E-state index in [1.54, 1.807) is 4.90 Å². The van der Waals surface area contributed by atoms with Gasteiger partial charge in [0.05, 0.1) is 36.0 Å². The number of rotatable bonds is 5. The van der Waals surface area contributed by atoms with Crippen molar-refractivity contribution in [3.63, 3.8) is 0 Å². The average molecular weight is 493 g/mol. The molecule has 2 amide bonds. The predicted octanol–water partition coefficient (Wildman–Crippen LogP) is 3.27. The molecule has 2 aliphatic heterocycles. The standard InChI is InChI=1S/C25H28N6O3S/c1-17-6-5-7-19(14-17)31-24(29-10-12-34-13-11-29)27-28-25(31)35-16-23(33)30-18(2)15-22(32)26-20-8-3-4-9-21(20)30/h3-9,14,18H,10-13,15-16H2,1-2H3,(H,26,32). The van der Waals surface area contributed by atoms with Crippen LogP contribution in [-0.2, 0) is 14.3 Å². The van der Waals surface area contributed by atoms with Crippen molar-refractivity contribution in [3.05, 3.63) is 54.1 Å². The minimum atomic E-state index is -0.259. The van der Waals surface area contributed by atoms with E-state index in [1.807, 2.05) is 60.9 Å². The molecule has 0 bridgehead atoms. The lowest BCUT2D eigenvalue weighted by Gasteiger charge is -2.28. The predicted molar refractivity (Wildman–Crippen MR) is 136 cm³/mol. The molecule has 10 heteroatoms. The average Bonchev–Trinajstić information content (AvgIpc) is 3.23. The van der Waals surface area contributed by atoms with Crippen molar-refractivity contribution in [3.8, 4) is 5.69 Å². The van der Waals surface area contributed by atoms with Gasteiger partial charge < -0.3 is 19.9 Å². The SMILES string of the molecule is Cc1cccc(-n2c(SCC(=O)N3c4ccccc4NC(=O)CC3C)nnc2N2CCOCC2)c1. The van der Waals surface area contributed by atoms with Crippen molar-refractivity contribution in [1.29, 1.82) is 0 Å². The molecular weight excluding hydrogens is 464 g/mol. The number of nitrogens with zero attached hydrogens (tertiary/aromatic N) is 5. The van der Waals surface area contributed by atoms with Crippen molar-refractivity contribution in [1.82, 2.24) is 14.8 Å². The number of para-hydroxylation sites is 2. The number of amides is 2. The highest BCUT2D eigenvalue weighted by molar-refractivity contribution is 7.99. The number of anilines is 3. The molecule has 0 saturated carbocycles. The molecule has 9 nitrogen and oxygen atoms in total. The molecule has 2 aromatic carbocycles. The fraction of sp³-hybridized carbons (Fsp3) is 0.360. The molecule has 1 unspecified atom stereocenters. The van der Waals surface area contributed by atoms with E-state index in [9.17, 15) is 9.59 Å². The van der Waals surface area contributed by atoms with Gasteiger partial charge in [-0.05, 0) is 43.7 Å². The number of ether oxygens (including phenoxy) is 1. The van der Waals surface area contributed by atoms with Gasteiger partial charge in [-0.3, -0.25) is 14.2 Å². The first-order chi connectivity index (χ1) is 17.0. The summed E-state index contributed by atoms with van der Waals surface area (Å²) in [6.07, 6.45) is 0.242. The van der Waals surface area contributed by atoms with Crippen LogP contribution in [0.15, 0.2) is 53.7 Å². The lowest BCUT2D eigenvalue weighted by atomic mass is 10.2. The number of thioether (sulfide) groups is 1. The summed E-state index contributed by atoms with van der Waals surface area (Å²) in [4.78, 5) is 29.7. The minimum absolute atomic E-state index is 0.0850. The number of aryl methyl sites for hydroxylation is 1. The summed E-state index contributed by atoms with van der Waals surface area (Å²) in [6, 6.07) is 15.3. The van der Waals surface area contributed by atoms with Crippen LogP contribution < -0.4 is 15.1 Å². The number of fused-ring (bicyclic) bond motifs is 1. The maximum Gasteiger partial charge on any atom is 0.237 e. The van der Waals surface area contributed by atoms with E-state index in [2.05, 4.69) is 26.5 Å². The summed E-state index contributed by atoms with van der Waals surface area (Å²) in [7, 11) is 0. The topological polar surface area (TPSA) is 92.6 Å². The van der Waals surface area contributed by atoms with E-state index in [1.165, 1.54) is 11.8 Å². The number of hydrogen-bond donors (Lipinski definition) is 1. The van der Waals surface area contributed by atoms with E-state index in [0.29, 0.717) is 29.7 Å². The van der Waals surface area contributed by atoms with E-state index in [4.69, 9.17) is 4.74 Å². The van der Waals surface area contributed by atoms with Crippen molar-refractivity contribution >= 4 is 40.9 Å². The number of nitrogens with one attached hydrogen (secondary N) is 1. The van der Waals surface area contributed by atoms with Crippen LogP contribution >= 0.6 is 11.8 Å². The zero-order valence-electron chi connectivity index (χ0n) is 19.8. The van der Waals surface area contributed by atoms with Gasteiger partial charge in [0.25, 0.3) is 0 Å². The Balaban J connectivity index is 1.43. The second-order valence-electron chi connectivity index (χ2n) is 8.73. The fourth-order valence-corrected chi connectivity index (χ4v) is 5.29. The molecule has 0 aliphatic carbocycles. The third-order valence-electron chi connectivity index (χ3n) is 6.12. The molecule has 182 valence electrons. The molecule has 1 fully saturated rings. The minimum Gasteiger partial charge on any atom is -0.378 e. The highest BCUT2D eigenvalue weighted by atomic mass is 32.2. The van der Waals surface area contributed by atoms with Gasteiger partial charge in [-0.15, -0.1) is 10.2 Å². The van der Waals surface area contributed by atoms with Crippen LogP contribution in [0, 0.1) is 6.92 Å². The highest BCUT2D eigenvalue weighted by Gasteiger charge is 2.30. The van der Waals surface area contributed by atoms with Gasteiger partial charge in [-0.1, -0.05) is 36.0 Å². The summed E-state index contributed by atoms with van der Waals surface area (Å²) < 4.78 is 7.53. The van der Waals surface area contributed by atoms with Crippen molar-refractivity contribution in [2.75, 3.05) is 47.2 Å². The first-order valence-corrected chi connectivity index (χ1v) is 12.7. The van der Waals surface area contributed by atoms with Crippen LogP contribution in [0.4, 0.5) is 17.3 Å². The molecular formula is C25H28N6O3S. The molecule has 0 radical (unpaired) electrons. The lowest BCUT2D eigenvalue weighted by molar-refractivity contribution is -0.117. The highest BCUT2D eigenvalue weighted by Crippen LogP contribution is 2.33. The molecule has 1 atom stereocenters. The van der Waals surface area contributed by atoms with Gasteiger partial charge in [0.2, 0.25) is 17.8 Å². The van der Waals surface area contributed by atoms with Gasteiger partial charge in [0.15, 0.2) is 5.16 Å². The number of morpholine rings is 1. The molecule has 1 saturated heterocycles. The fourth-order valence-electron chi connectivity index (χ4n) is 4.48. The molecule has 35 heavy (non-hydrogen) atoms. The van der Waals surface area contributed by atoms with E-state index in [0.717, 1.165) is 30.3 Å². The molecule has 3 aromatic rings. The Labute approximate surface area is 208 Å². The second-order valence-corrected chi connectivity index (χ2v) is 9.67. The molecule has 3 heterocycles. The largest absolute Gasteiger partial charge is 0.378 e. The normalized spacial score (nSPS) is 18.1. The Bertz CT molecular complexity index is 1240. The zero-order chi connectivity index (χ0) is 24.4. The van der Waals surface area contributed by atoms with Crippen molar-refractivity contribution < 1.29 is 14.3 Å². The van der Waals surface area contributed by atoms with Crippen LogP contribution in [-0.4, -0.2) is 64.7 Å². The zero-order valence-corrected chi connectivity index (χ0v) is 20.6. The van der Waals surface area contributed by atoms with Gasteiger partial charge in [0.1, 0.15) is 0 Å². The van der Waals surface area contributed by atoms with Crippen LogP contribution in [0.1, 0.15) is 18.9 Å². The maximum atomic E-state index is 13.5. The molecule has 1 aromatic heterocycles. The van der Waals surface area contributed by atoms with Crippen molar-refractivity contribution in [2.45, 2.75) is 31.5 Å². The molecule has 0 spiro atoms. The Morgan fingerprint density at radius 2 is 1.94 bits per heavy atom. The quantitative estimate of drug-likeness (QED) is 0.547. The van der Waals surface area contributed by atoms with Gasteiger partial charge >= 0.3 is 0 Å². The third-order valence-corrected chi connectivity index (χ3v) is 7.04. The first kappa shape index (κ1) is 23.4. The number of hydrogen-bond acceptors (Lipinski definition) is 7. The molecule has 2 aliphatic rings. The summed E-state index contributed by atoms with van der Waals surface area (Å²) >= 11 is 1.35. The number of aromatic nitrogens is 3. The van der Waals surface area contributed by atoms with Crippen molar-refractivity contribution in [2.24, 2.45) is 0 Å². The monoisotopic (exact) mass is 492 g/mol.